The normalized spacial score (nSPS) is 16.9. The second kappa shape index (κ2) is 7.56. The zero-order valence-electron chi connectivity index (χ0n) is 12.3. The van der Waals surface area contributed by atoms with Crippen molar-refractivity contribution in [2.75, 3.05) is 23.8 Å². The third-order valence-electron chi connectivity index (χ3n) is 3.13. The van der Waals surface area contributed by atoms with Crippen LogP contribution < -0.4 is 16.0 Å². The molecule has 1 heterocycles. The molecule has 1 aromatic rings. The van der Waals surface area contributed by atoms with Gasteiger partial charge in [0.15, 0.2) is 0 Å². The summed E-state index contributed by atoms with van der Waals surface area (Å²) in [4.78, 5) is 34.4. The summed E-state index contributed by atoms with van der Waals surface area (Å²) >= 11 is 0. The van der Waals surface area contributed by atoms with Crippen LogP contribution in [0.3, 0.4) is 0 Å². The van der Waals surface area contributed by atoms with Crippen molar-refractivity contribution in [1.29, 1.82) is 0 Å². The molecule has 1 atom stereocenters. The van der Waals surface area contributed by atoms with Gasteiger partial charge < -0.3 is 20.7 Å². The average molecular weight is 305 g/mol. The number of rotatable bonds is 5. The van der Waals surface area contributed by atoms with E-state index in [4.69, 9.17) is 4.74 Å². The Labute approximate surface area is 128 Å². The smallest absolute Gasteiger partial charge is 0.249 e. The molecule has 3 N–H and O–H groups in total. The van der Waals surface area contributed by atoms with Crippen LogP contribution in [-0.4, -0.2) is 37.0 Å². The van der Waals surface area contributed by atoms with Crippen LogP contribution in [0.25, 0.3) is 0 Å². The van der Waals surface area contributed by atoms with Gasteiger partial charge in [-0.3, -0.25) is 14.4 Å². The fourth-order valence-corrected chi connectivity index (χ4v) is 2.11. The minimum atomic E-state index is -0.440. The van der Waals surface area contributed by atoms with Gasteiger partial charge in [0.25, 0.3) is 0 Å². The molecule has 1 aromatic carbocycles. The quantitative estimate of drug-likeness (QED) is 0.752. The van der Waals surface area contributed by atoms with Gasteiger partial charge in [-0.05, 0) is 37.1 Å². The first-order valence-electron chi connectivity index (χ1n) is 7.11. The van der Waals surface area contributed by atoms with E-state index in [0.717, 1.165) is 6.42 Å². The van der Waals surface area contributed by atoms with Gasteiger partial charge in [0.05, 0.1) is 6.54 Å². The molecular formula is C15H19N3O4. The van der Waals surface area contributed by atoms with Crippen molar-refractivity contribution in [1.82, 2.24) is 5.32 Å². The Hall–Kier alpha value is -2.41. The summed E-state index contributed by atoms with van der Waals surface area (Å²) in [5.74, 6) is -0.735. The summed E-state index contributed by atoms with van der Waals surface area (Å²) in [7, 11) is 0. The zero-order valence-corrected chi connectivity index (χ0v) is 12.3. The summed E-state index contributed by atoms with van der Waals surface area (Å²) in [5, 5.41) is 7.84. The van der Waals surface area contributed by atoms with Crippen molar-refractivity contribution < 1.29 is 19.1 Å². The third kappa shape index (κ3) is 4.85. The van der Waals surface area contributed by atoms with Crippen LogP contribution in [0.15, 0.2) is 24.3 Å². The van der Waals surface area contributed by atoms with Gasteiger partial charge in [0.1, 0.15) is 6.10 Å². The number of carbonyl (C=O) groups excluding carboxylic acids is 3. The lowest BCUT2D eigenvalue weighted by Gasteiger charge is -2.11. The van der Waals surface area contributed by atoms with Crippen molar-refractivity contribution in [2.45, 2.75) is 25.9 Å². The SMILES string of the molecule is CC(=O)Nc1ccc(NC(=O)CNC(=O)C2CCCO2)cc1. The molecule has 7 heteroatoms. The van der Waals surface area contributed by atoms with Crippen molar-refractivity contribution in [3.05, 3.63) is 24.3 Å². The molecule has 1 fully saturated rings. The fraction of sp³-hybridized carbons (Fsp3) is 0.400. The summed E-state index contributed by atoms with van der Waals surface area (Å²) in [6.45, 7) is 1.91. The Bertz CT molecular complexity index is 550. The molecule has 118 valence electrons. The van der Waals surface area contributed by atoms with Crippen LogP contribution in [0.5, 0.6) is 0 Å². The van der Waals surface area contributed by atoms with Crippen molar-refractivity contribution in [3.63, 3.8) is 0 Å². The number of hydrogen-bond acceptors (Lipinski definition) is 4. The van der Waals surface area contributed by atoms with Crippen LogP contribution in [-0.2, 0) is 19.1 Å². The Morgan fingerprint density at radius 3 is 2.32 bits per heavy atom. The fourth-order valence-electron chi connectivity index (χ4n) is 2.11. The standard InChI is InChI=1S/C15H19N3O4/c1-10(19)17-11-4-6-12(7-5-11)18-14(20)9-16-15(21)13-3-2-8-22-13/h4-7,13H,2-3,8-9H2,1H3,(H,16,21)(H,17,19)(H,18,20). The van der Waals surface area contributed by atoms with Crippen molar-refractivity contribution in [3.8, 4) is 0 Å². The Morgan fingerprint density at radius 1 is 1.14 bits per heavy atom. The second-order valence-electron chi connectivity index (χ2n) is 5.03. The lowest BCUT2D eigenvalue weighted by Crippen LogP contribution is -2.39. The summed E-state index contributed by atoms with van der Waals surface area (Å²) in [6, 6.07) is 6.71. The largest absolute Gasteiger partial charge is 0.368 e. The number of anilines is 2. The Balaban J connectivity index is 1.76. The minimum absolute atomic E-state index is 0.105. The predicted molar refractivity (Wildman–Crippen MR) is 81.4 cm³/mol. The molecule has 2 rings (SSSR count). The van der Waals surface area contributed by atoms with Crippen LogP contribution in [0.2, 0.25) is 0 Å². The van der Waals surface area contributed by atoms with E-state index >= 15 is 0 Å². The molecule has 1 aliphatic rings. The molecule has 7 nitrogen and oxygen atoms in total. The minimum Gasteiger partial charge on any atom is -0.368 e. The highest BCUT2D eigenvalue weighted by molar-refractivity contribution is 5.95. The van der Waals surface area contributed by atoms with Gasteiger partial charge in [-0.15, -0.1) is 0 Å². The van der Waals surface area contributed by atoms with E-state index in [2.05, 4.69) is 16.0 Å². The second-order valence-corrected chi connectivity index (χ2v) is 5.03. The highest BCUT2D eigenvalue weighted by Gasteiger charge is 2.23. The predicted octanol–water partition coefficient (Wildman–Crippen LogP) is 0.879. The first-order chi connectivity index (χ1) is 10.5. The van der Waals surface area contributed by atoms with Gasteiger partial charge in [0.2, 0.25) is 17.7 Å². The van der Waals surface area contributed by atoms with E-state index in [0.29, 0.717) is 24.4 Å². The highest BCUT2D eigenvalue weighted by atomic mass is 16.5. The monoisotopic (exact) mass is 305 g/mol. The molecule has 0 saturated carbocycles. The van der Waals surface area contributed by atoms with E-state index in [1.807, 2.05) is 0 Å². The zero-order chi connectivity index (χ0) is 15.9. The van der Waals surface area contributed by atoms with Gasteiger partial charge in [-0.25, -0.2) is 0 Å². The number of benzene rings is 1. The van der Waals surface area contributed by atoms with E-state index in [1.165, 1.54) is 6.92 Å². The van der Waals surface area contributed by atoms with E-state index < -0.39 is 6.10 Å². The topological polar surface area (TPSA) is 96.5 Å². The average Bonchev–Trinajstić information content (AvgIpc) is 3.00. The summed E-state index contributed by atoms with van der Waals surface area (Å²) < 4.78 is 5.23. The maximum atomic E-state index is 11.8. The summed E-state index contributed by atoms with van der Waals surface area (Å²) in [5.41, 5.74) is 1.24. The van der Waals surface area contributed by atoms with Gasteiger partial charge in [0, 0.05) is 24.9 Å². The maximum Gasteiger partial charge on any atom is 0.249 e. The van der Waals surface area contributed by atoms with Crippen molar-refractivity contribution in [2.24, 2.45) is 0 Å². The first kappa shape index (κ1) is 16.0. The van der Waals surface area contributed by atoms with E-state index in [-0.39, 0.29) is 24.3 Å². The molecular weight excluding hydrogens is 286 g/mol. The van der Waals surface area contributed by atoms with Crippen LogP contribution in [0.1, 0.15) is 19.8 Å². The lowest BCUT2D eigenvalue weighted by atomic mass is 10.2. The number of nitrogens with one attached hydrogen (secondary N) is 3. The molecule has 22 heavy (non-hydrogen) atoms. The van der Waals surface area contributed by atoms with E-state index in [1.54, 1.807) is 24.3 Å². The molecule has 1 saturated heterocycles. The molecule has 0 bridgehead atoms. The molecule has 0 spiro atoms. The third-order valence-corrected chi connectivity index (χ3v) is 3.13. The molecule has 3 amide bonds. The number of carbonyl (C=O) groups is 3. The van der Waals surface area contributed by atoms with Crippen molar-refractivity contribution >= 4 is 29.1 Å². The Kier molecular flexibility index (Phi) is 5.48. The maximum absolute atomic E-state index is 11.8. The van der Waals surface area contributed by atoms with Crippen LogP contribution in [0, 0.1) is 0 Å². The van der Waals surface area contributed by atoms with Crippen LogP contribution in [0.4, 0.5) is 11.4 Å². The first-order valence-corrected chi connectivity index (χ1v) is 7.11. The lowest BCUT2D eigenvalue weighted by molar-refractivity contribution is -0.131. The molecule has 0 radical (unpaired) electrons. The van der Waals surface area contributed by atoms with Gasteiger partial charge in [-0.2, -0.15) is 0 Å². The molecule has 0 aromatic heterocycles. The molecule has 1 aliphatic heterocycles. The number of amides is 3. The molecule has 1 unspecified atom stereocenters. The van der Waals surface area contributed by atoms with Gasteiger partial charge in [-0.1, -0.05) is 0 Å². The number of ether oxygens (including phenoxy) is 1. The highest BCUT2D eigenvalue weighted by Crippen LogP contribution is 2.13. The summed E-state index contributed by atoms with van der Waals surface area (Å²) in [6.07, 6.45) is 1.12. The Morgan fingerprint density at radius 2 is 1.77 bits per heavy atom. The van der Waals surface area contributed by atoms with Crippen LogP contribution >= 0.6 is 0 Å². The van der Waals surface area contributed by atoms with E-state index in [9.17, 15) is 14.4 Å². The molecule has 0 aliphatic carbocycles. The van der Waals surface area contributed by atoms with Gasteiger partial charge >= 0.3 is 0 Å². The number of hydrogen-bond donors (Lipinski definition) is 3.